The fourth-order valence-electron chi connectivity index (χ4n) is 1.11. The predicted molar refractivity (Wildman–Crippen MR) is 57.5 cm³/mol. The minimum atomic E-state index is -0.470. The van der Waals surface area contributed by atoms with Crippen LogP contribution >= 0.6 is 0 Å². The molecule has 3 amide bonds. The Morgan fingerprint density at radius 3 is 2.60 bits per heavy atom. The minimum Gasteiger partial charge on any atom is -0.352 e. The smallest absolute Gasteiger partial charge is 0.315 e. The zero-order chi connectivity index (χ0) is 11.3. The van der Waals surface area contributed by atoms with Gasteiger partial charge in [0.25, 0.3) is 0 Å². The molecule has 0 bridgehead atoms. The predicted octanol–water partition coefficient (Wildman–Crippen LogP) is 0.363. The summed E-state index contributed by atoms with van der Waals surface area (Å²) in [5.41, 5.74) is 0. The molecule has 1 aliphatic carbocycles. The van der Waals surface area contributed by atoms with Crippen LogP contribution in [-0.2, 0) is 4.79 Å². The fraction of sp³-hybridized carbons (Fsp3) is 0.800. The molecule has 0 aromatic rings. The molecule has 3 N–H and O–H groups in total. The second kappa shape index (κ2) is 5.58. The third kappa shape index (κ3) is 4.67. The molecule has 1 saturated carbocycles. The maximum absolute atomic E-state index is 11.4. The summed E-state index contributed by atoms with van der Waals surface area (Å²) in [7, 11) is 0. The lowest BCUT2D eigenvalue weighted by Crippen LogP contribution is -2.49. The summed E-state index contributed by atoms with van der Waals surface area (Å²) in [5.74, 6) is -0.107. The first kappa shape index (κ1) is 11.8. The lowest BCUT2D eigenvalue weighted by molar-refractivity contribution is -0.122. The summed E-state index contributed by atoms with van der Waals surface area (Å²) < 4.78 is 0. The van der Waals surface area contributed by atoms with Crippen LogP contribution in [0.1, 0.15) is 33.1 Å². The van der Waals surface area contributed by atoms with Crippen molar-refractivity contribution in [2.75, 3.05) is 6.54 Å². The molecular formula is C10H19N3O2. The van der Waals surface area contributed by atoms with E-state index in [0.29, 0.717) is 12.6 Å². The molecule has 0 aliphatic heterocycles. The molecule has 1 aliphatic rings. The van der Waals surface area contributed by atoms with Crippen molar-refractivity contribution in [2.45, 2.75) is 45.2 Å². The SMILES string of the molecule is CCCNC(=O)NC(C)C(=O)NC1CC1. The number of nitrogens with one attached hydrogen (secondary N) is 3. The van der Waals surface area contributed by atoms with E-state index in [1.165, 1.54) is 0 Å². The Labute approximate surface area is 90.0 Å². The average Bonchev–Trinajstić information content (AvgIpc) is 2.98. The maximum Gasteiger partial charge on any atom is 0.315 e. The Hall–Kier alpha value is -1.26. The minimum absolute atomic E-state index is 0.107. The first-order valence-electron chi connectivity index (χ1n) is 5.48. The van der Waals surface area contributed by atoms with Gasteiger partial charge in [-0.15, -0.1) is 0 Å². The lowest BCUT2D eigenvalue weighted by atomic mass is 10.3. The van der Waals surface area contributed by atoms with E-state index >= 15 is 0 Å². The van der Waals surface area contributed by atoms with Gasteiger partial charge < -0.3 is 16.0 Å². The van der Waals surface area contributed by atoms with Crippen molar-refractivity contribution in [1.82, 2.24) is 16.0 Å². The third-order valence-corrected chi connectivity index (χ3v) is 2.20. The van der Waals surface area contributed by atoms with Crippen molar-refractivity contribution in [3.8, 4) is 0 Å². The van der Waals surface area contributed by atoms with Crippen LogP contribution in [-0.4, -0.2) is 30.6 Å². The third-order valence-electron chi connectivity index (χ3n) is 2.20. The number of urea groups is 1. The summed E-state index contributed by atoms with van der Waals surface area (Å²) in [6, 6.07) is -0.418. The van der Waals surface area contributed by atoms with E-state index in [-0.39, 0.29) is 11.9 Å². The van der Waals surface area contributed by atoms with E-state index in [2.05, 4.69) is 16.0 Å². The molecule has 0 aromatic carbocycles. The lowest BCUT2D eigenvalue weighted by Gasteiger charge is -2.14. The number of carbonyl (C=O) groups excluding carboxylic acids is 2. The van der Waals surface area contributed by atoms with Crippen molar-refractivity contribution >= 4 is 11.9 Å². The van der Waals surface area contributed by atoms with Crippen molar-refractivity contribution < 1.29 is 9.59 Å². The van der Waals surface area contributed by atoms with Gasteiger partial charge in [-0.3, -0.25) is 4.79 Å². The quantitative estimate of drug-likeness (QED) is 0.617. The van der Waals surface area contributed by atoms with Gasteiger partial charge in [-0.05, 0) is 26.2 Å². The number of carbonyl (C=O) groups is 2. The molecule has 0 aromatic heterocycles. The molecule has 0 heterocycles. The molecule has 1 fully saturated rings. The van der Waals surface area contributed by atoms with Gasteiger partial charge in [0.2, 0.25) is 5.91 Å². The van der Waals surface area contributed by atoms with Crippen LogP contribution in [0.5, 0.6) is 0 Å². The first-order valence-corrected chi connectivity index (χ1v) is 5.48. The summed E-state index contributed by atoms with van der Waals surface area (Å²) in [6.45, 7) is 4.29. The number of hydrogen-bond acceptors (Lipinski definition) is 2. The van der Waals surface area contributed by atoms with Crippen LogP contribution < -0.4 is 16.0 Å². The highest BCUT2D eigenvalue weighted by atomic mass is 16.2. The second-order valence-corrected chi connectivity index (χ2v) is 3.90. The summed E-state index contributed by atoms with van der Waals surface area (Å²) in [5, 5.41) is 8.08. The van der Waals surface area contributed by atoms with Crippen molar-refractivity contribution in [3.05, 3.63) is 0 Å². The Morgan fingerprint density at radius 1 is 1.40 bits per heavy atom. The number of amides is 3. The average molecular weight is 213 g/mol. The highest BCUT2D eigenvalue weighted by molar-refractivity contribution is 5.86. The van der Waals surface area contributed by atoms with E-state index < -0.39 is 6.04 Å². The molecule has 0 saturated heterocycles. The zero-order valence-electron chi connectivity index (χ0n) is 9.30. The molecular weight excluding hydrogens is 194 g/mol. The Bertz CT molecular complexity index is 239. The topological polar surface area (TPSA) is 70.2 Å². The summed E-state index contributed by atoms with van der Waals surface area (Å²) in [4.78, 5) is 22.7. The molecule has 1 rings (SSSR count). The number of rotatable bonds is 5. The molecule has 86 valence electrons. The normalized spacial score (nSPS) is 16.7. The Balaban J connectivity index is 2.17. The van der Waals surface area contributed by atoms with Crippen LogP contribution in [0, 0.1) is 0 Å². The van der Waals surface area contributed by atoms with Gasteiger partial charge in [0, 0.05) is 12.6 Å². The van der Waals surface area contributed by atoms with Crippen molar-refractivity contribution in [3.63, 3.8) is 0 Å². The van der Waals surface area contributed by atoms with Crippen molar-refractivity contribution in [1.29, 1.82) is 0 Å². The highest BCUT2D eigenvalue weighted by Gasteiger charge is 2.25. The van der Waals surface area contributed by atoms with Crippen molar-refractivity contribution in [2.24, 2.45) is 0 Å². The molecule has 0 radical (unpaired) electrons. The summed E-state index contributed by atoms with van der Waals surface area (Å²) in [6.07, 6.45) is 3.00. The van der Waals surface area contributed by atoms with Gasteiger partial charge >= 0.3 is 6.03 Å². The first-order chi connectivity index (χ1) is 7.13. The monoisotopic (exact) mass is 213 g/mol. The van der Waals surface area contributed by atoms with Crippen LogP contribution in [0.4, 0.5) is 4.79 Å². The fourth-order valence-corrected chi connectivity index (χ4v) is 1.11. The van der Waals surface area contributed by atoms with E-state index in [0.717, 1.165) is 19.3 Å². The van der Waals surface area contributed by atoms with Crippen LogP contribution in [0.3, 0.4) is 0 Å². The van der Waals surface area contributed by atoms with E-state index in [9.17, 15) is 9.59 Å². The van der Waals surface area contributed by atoms with Gasteiger partial charge in [0.05, 0.1) is 0 Å². The number of hydrogen-bond donors (Lipinski definition) is 3. The molecule has 5 heteroatoms. The van der Waals surface area contributed by atoms with Gasteiger partial charge in [0.15, 0.2) is 0 Å². The van der Waals surface area contributed by atoms with Crippen LogP contribution in [0.2, 0.25) is 0 Å². The molecule has 5 nitrogen and oxygen atoms in total. The van der Waals surface area contributed by atoms with Gasteiger partial charge in [0.1, 0.15) is 6.04 Å². The largest absolute Gasteiger partial charge is 0.352 e. The van der Waals surface area contributed by atoms with Gasteiger partial charge in [-0.1, -0.05) is 6.92 Å². The molecule has 1 atom stereocenters. The van der Waals surface area contributed by atoms with Gasteiger partial charge in [-0.2, -0.15) is 0 Å². The van der Waals surface area contributed by atoms with E-state index in [1.54, 1.807) is 6.92 Å². The van der Waals surface area contributed by atoms with Crippen LogP contribution in [0.15, 0.2) is 0 Å². The maximum atomic E-state index is 11.4. The van der Waals surface area contributed by atoms with Crippen LogP contribution in [0.25, 0.3) is 0 Å². The molecule has 0 spiro atoms. The van der Waals surface area contributed by atoms with E-state index in [4.69, 9.17) is 0 Å². The second-order valence-electron chi connectivity index (χ2n) is 3.90. The standard InChI is InChI=1S/C10H19N3O2/c1-3-6-11-10(15)12-7(2)9(14)13-8-4-5-8/h7-8H,3-6H2,1-2H3,(H,13,14)(H2,11,12,15). The van der Waals surface area contributed by atoms with E-state index in [1.807, 2.05) is 6.92 Å². The van der Waals surface area contributed by atoms with Gasteiger partial charge in [-0.25, -0.2) is 4.79 Å². The Morgan fingerprint density at radius 2 is 2.07 bits per heavy atom. The summed E-state index contributed by atoms with van der Waals surface area (Å²) >= 11 is 0. The Kier molecular flexibility index (Phi) is 4.39. The highest BCUT2D eigenvalue weighted by Crippen LogP contribution is 2.18. The zero-order valence-corrected chi connectivity index (χ0v) is 9.30. The molecule has 1 unspecified atom stereocenters. The molecule has 15 heavy (non-hydrogen) atoms.